The van der Waals surface area contributed by atoms with Gasteiger partial charge in [-0.25, -0.2) is 0 Å². The Morgan fingerprint density at radius 2 is 1.88 bits per heavy atom. The minimum Gasteiger partial charge on any atom is -0.295 e. The van der Waals surface area contributed by atoms with E-state index >= 15 is 0 Å². The monoisotopic (exact) mass is 235 g/mol. The standard InChI is InChI=1S/C14H21NS/c1-2-5-12(11-16)8-15-9-13-6-3-4-7-14(13)10-15/h3-4,6-7,12,16H,2,5,8-11H2,1H3. The summed E-state index contributed by atoms with van der Waals surface area (Å²) < 4.78 is 0. The van der Waals surface area contributed by atoms with Crippen LogP contribution in [0.15, 0.2) is 24.3 Å². The van der Waals surface area contributed by atoms with E-state index in [4.69, 9.17) is 0 Å². The molecule has 2 rings (SSSR count). The minimum atomic E-state index is 0.752. The molecule has 1 aromatic rings. The molecule has 1 aliphatic rings. The van der Waals surface area contributed by atoms with E-state index in [0.717, 1.165) is 24.8 Å². The quantitative estimate of drug-likeness (QED) is 0.766. The Balaban J connectivity index is 1.91. The van der Waals surface area contributed by atoms with Crippen molar-refractivity contribution in [2.45, 2.75) is 32.9 Å². The number of hydrogen-bond acceptors (Lipinski definition) is 2. The van der Waals surface area contributed by atoms with Crippen LogP contribution in [-0.4, -0.2) is 17.2 Å². The Labute approximate surface area is 104 Å². The van der Waals surface area contributed by atoms with Crippen molar-refractivity contribution < 1.29 is 0 Å². The van der Waals surface area contributed by atoms with Gasteiger partial charge in [0, 0.05) is 19.6 Å². The van der Waals surface area contributed by atoms with Crippen molar-refractivity contribution in [2.75, 3.05) is 12.3 Å². The average Bonchev–Trinajstić information content (AvgIpc) is 2.70. The molecule has 1 nitrogen and oxygen atoms in total. The molecule has 0 saturated carbocycles. The van der Waals surface area contributed by atoms with E-state index < -0.39 is 0 Å². The molecule has 16 heavy (non-hydrogen) atoms. The van der Waals surface area contributed by atoms with Crippen LogP contribution in [0.5, 0.6) is 0 Å². The number of nitrogens with zero attached hydrogens (tertiary/aromatic N) is 1. The Bertz CT molecular complexity index is 312. The molecule has 0 aliphatic carbocycles. The predicted octanol–water partition coefficient (Wildman–Crippen LogP) is 3.35. The summed E-state index contributed by atoms with van der Waals surface area (Å²) in [6, 6.07) is 8.80. The first-order chi connectivity index (χ1) is 7.83. The Morgan fingerprint density at radius 3 is 2.38 bits per heavy atom. The van der Waals surface area contributed by atoms with Gasteiger partial charge in [0.15, 0.2) is 0 Å². The van der Waals surface area contributed by atoms with Gasteiger partial charge < -0.3 is 0 Å². The van der Waals surface area contributed by atoms with E-state index in [0.29, 0.717) is 0 Å². The van der Waals surface area contributed by atoms with Crippen molar-refractivity contribution in [3.05, 3.63) is 35.4 Å². The maximum Gasteiger partial charge on any atom is 0.0240 e. The molecule has 2 heteroatoms. The lowest BCUT2D eigenvalue weighted by molar-refractivity contribution is 0.239. The van der Waals surface area contributed by atoms with Crippen molar-refractivity contribution in [1.82, 2.24) is 4.90 Å². The zero-order valence-electron chi connectivity index (χ0n) is 10.0. The molecule has 0 amide bonds. The zero-order valence-corrected chi connectivity index (χ0v) is 10.9. The highest BCUT2D eigenvalue weighted by Crippen LogP contribution is 2.24. The van der Waals surface area contributed by atoms with Crippen molar-refractivity contribution >= 4 is 12.6 Å². The number of rotatable bonds is 5. The van der Waals surface area contributed by atoms with E-state index in [9.17, 15) is 0 Å². The molecule has 0 fully saturated rings. The van der Waals surface area contributed by atoms with Crippen molar-refractivity contribution in [1.29, 1.82) is 0 Å². The molecule has 0 bridgehead atoms. The fourth-order valence-electron chi connectivity index (χ4n) is 2.55. The van der Waals surface area contributed by atoms with Crippen LogP contribution in [0.25, 0.3) is 0 Å². The van der Waals surface area contributed by atoms with Gasteiger partial charge in [0.2, 0.25) is 0 Å². The molecule has 0 N–H and O–H groups in total. The van der Waals surface area contributed by atoms with Crippen LogP contribution in [0.3, 0.4) is 0 Å². The van der Waals surface area contributed by atoms with E-state index in [2.05, 4.69) is 48.7 Å². The predicted molar refractivity (Wildman–Crippen MR) is 72.8 cm³/mol. The summed E-state index contributed by atoms with van der Waals surface area (Å²) in [7, 11) is 0. The highest BCUT2D eigenvalue weighted by molar-refractivity contribution is 7.80. The van der Waals surface area contributed by atoms with Gasteiger partial charge in [0.25, 0.3) is 0 Å². The largest absolute Gasteiger partial charge is 0.295 e. The topological polar surface area (TPSA) is 3.24 Å². The molecule has 0 aromatic heterocycles. The number of benzene rings is 1. The fraction of sp³-hybridized carbons (Fsp3) is 0.571. The maximum absolute atomic E-state index is 4.46. The smallest absolute Gasteiger partial charge is 0.0240 e. The van der Waals surface area contributed by atoms with Crippen LogP contribution in [0.2, 0.25) is 0 Å². The second kappa shape index (κ2) is 5.74. The van der Waals surface area contributed by atoms with Crippen molar-refractivity contribution in [3.8, 4) is 0 Å². The average molecular weight is 235 g/mol. The minimum absolute atomic E-state index is 0.752. The van der Waals surface area contributed by atoms with Gasteiger partial charge in [-0.15, -0.1) is 0 Å². The second-order valence-corrected chi connectivity index (χ2v) is 5.14. The molecular weight excluding hydrogens is 214 g/mol. The highest BCUT2D eigenvalue weighted by atomic mass is 32.1. The molecule has 1 atom stereocenters. The van der Waals surface area contributed by atoms with Gasteiger partial charge in [0.05, 0.1) is 0 Å². The lowest BCUT2D eigenvalue weighted by atomic mass is 10.1. The molecular formula is C14H21NS. The van der Waals surface area contributed by atoms with E-state index in [1.165, 1.54) is 30.5 Å². The summed E-state index contributed by atoms with van der Waals surface area (Å²) in [6.07, 6.45) is 2.57. The van der Waals surface area contributed by atoms with Crippen LogP contribution >= 0.6 is 12.6 Å². The van der Waals surface area contributed by atoms with Gasteiger partial charge in [-0.2, -0.15) is 12.6 Å². The normalized spacial score (nSPS) is 17.4. The van der Waals surface area contributed by atoms with Gasteiger partial charge in [0.1, 0.15) is 0 Å². The van der Waals surface area contributed by atoms with Crippen LogP contribution in [0, 0.1) is 5.92 Å². The van der Waals surface area contributed by atoms with Gasteiger partial charge >= 0.3 is 0 Å². The number of thiol groups is 1. The zero-order chi connectivity index (χ0) is 11.4. The van der Waals surface area contributed by atoms with Crippen LogP contribution in [0.1, 0.15) is 30.9 Å². The fourth-order valence-corrected chi connectivity index (χ4v) is 2.84. The third-order valence-corrected chi connectivity index (χ3v) is 3.89. The molecule has 0 spiro atoms. The van der Waals surface area contributed by atoms with Crippen LogP contribution in [-0.2, 0) is 13.1 Å². The molecule has 1 unspecified atom stereocenters. The van der Waals surface area contributed by atoms with Gasteiger partial charge in [-0.3, -0.25) is 4.90 Å². The van der Waals surface area contributed by atoms with Crippen LogP contribution < -0.4 is 0 Å². The molecule has 1 heterocycles. The summed E-state index contributed by atoms with van der Waals surface area (Å²) in [5.41, 5.74) is 3.02. The summed E-state index contributed by atoms with van der Waals surface area (Å²) in [5, 5.41) is 0. The summed E-state index contributed by atoms with van der Waals surface area (Å²) >= 11 is 4.46. The van der Waals surface area contributed by atoms with E-state index in [1.807, 2.05) is 0 Å². The lowest BCUT2D eigenvalue weighted by Crippen LogP contribution is -2.25. The van der Waals surface area contributed by atoms with Crippen molar-refractivity contribution in [2.24, 2.45) is 5.92 Å². The maximum atomic E-state index is 4.46. The third kappa shape index (κ3) is 2.80. The molecule has 1 aromatic carbocycles. The molecule has 0 radical (unpaired) electrons. The molecule has 0 saturated heterocycles. The van der Waals surface area contributed by atoms with E-state index in [1.54, 1.807) is 0 Å². The summed E-state index contributed by atoms with van der Waals surface area (Å²) in [5.74, 6) is 1.77. The number of fused-ring (bicyclic) bond motifs is 1. The second-order valence-electron chi connectivity index (χ2n) is 4.78. The molecule has 88 valence electrons. The lowest BCUT2D eigenvalue weighted by Gasteiger charge is -2.21. The Kier molecular flexibility index (Phi) is 4.30. The Morgan fingerprint density at radius 1 is 1.25 bits per heavy atom. The third-order valence-electron chi connectivity index (χ3n) is 3.38. The van der Waals surface area contributed by atoms with Crippen molar-refractivity contribution in [3.63, 3.8) is 0 Å². The first kappa shape index (κ1) is 12.0. The first-order valence-electron chi connectivity index (χ1n) is 6.23. The van der Waals surface area contributed by atoms with Gasteiger partial charge in [-0.1, -0.05) is 37.6 Å². The van der Waals surface area contributed by atoms with Gasteiger partial charge in [-0.05, 0) is 29.2 Å². The van der Waals surface area contributed by atoms with E-state index in [-0.39, 0.29) is 0 Å². The SMILES string of the molecule is CCCC(CS)CN1Cc2ccccc2C1. The first-order valence-corrected chi connectivity index (χ1v) is 6.86. The highest BCUT2D eigenvalue weighted by Gasteiger charge is 2.20. The summed E-state index contributed by atoms with van der Waals surface area (Å²) in [4.78, 5) is 2.56. The Hall–Kier alpha value is -0.470. The van der Waals surface area contributed by atoms with Crippen LogP contribution in [0.4, 0.5) is 0 Å². The summed E-state index contributed by atoms with van der Waals surface area (Å²) in [6.45, 7) is 5.72. The molecule has 1 aliphatic heterocycles. The number of hydrogen-bond donors (Lipinski definition) is 1.